The van der Waals surface area contributed by atoms with Crippen molar-refractivity contribution in [1.82, 2.24) is 0 Å². The van der Waals surface area contributed by atoms with Gasteiger partial charge in [0.05, 0.1) is 4.88 Å². The zero-order chi connectivity index (χ0) is 16.2. The third-order valence-corrected chi connectivity index (χ3v) is 4.65. The summed E-state index contributed by atoms with van der Waals surface area (Å²) in [6.45, 7) is 4.77. The molecule has 0 bridgehead atoms. The maximum absolute atomic E-state index is 10.7. The standard InChI is InChI=1S/C20H18O2S/c1-14-5-3-6-15(2)20(14)17-8-4-7-16(9-17)12-22-18-10-19(11-21)23-13-18/h3-11,13H,12H2,1-2H3. The molecule has 0 saturated heterocycles. The summed E-state index contributed by atoms with van der Waals surface area (Å²) >= 11 is 1.40. The Labute approximate surface area is 140 Å². The van der Waals surface area contributed by atoms with Crippen LogP contribution in [0.2, 0.25) is 0 Å². The molecule has 3 rings (SSSR count). The van der Waals surface area contributed by atoms with Crippen molar-refractivity contribution in [2.24, 2.45) is 0 Å². The molecule has 2 nitrogen and oxygen atoms in total. The molecule has 3 heteroatoms. The van der Waals surface area contributed by atoms with E-state index in [4.69, 9.17) is 4.74 Å². The quantitative estimate of drug-likeness (QED) is 0.586. The number of carbonyl (C=O) groups is 1. The number of hydrogen-bond donors (Lipinski definition) is 0. The zero-order valence-electron chi connectivity index (χ0n) is 13.2. The van der Waals surface area contributed by atoms with Crippen molar-refractivity contribution in [3.63, 3.8) is 0 Å². The van der Waals surface area contributed by atoms with Gasteiger partial charge >= 0.3 is 0 Å². The van der Waals surface area contributed by atoms with E-state index in [9.17, 15) is 4.79 Å². The van der Waals surface area contributed by atoms with Gasteiger partial charge < -0.3 is 4.74 Å². The lowest BCUT2D eigenvalue weighted by Gasteiger charge is -2.11. The van der Waals surface area contributed by atoms with Crippen LogP contribution in [-0.4, -0.2) is 6.29 Å². The lowest BCUT2D eigenvalue weighted by atomic mass is 9.95. The third-order valence-electron chi connectivity index (χ3n) is 3.81. The number of benzene rings is 2. The van der Waals surface area contributed by atoms with Crippen LogP contribution in [0, 0.1) is 13.8 Å². The van der Waals surface area contributed by atoms with Gasteiger partial charge in [-0.05, 0) is 47.7 Å². The molecule has 0 saturated carbocycles. The largest absolute Gasteiger partial charge is 0.488 e. The topological polar surface area (TPSA) is 26.3 Å². The molecular weight excluding hydrogens is 304 g/mol. The minimum atomic E-state index is 0.494. The first-order valence-corrected chi connectivity index (χ1v) is 8.37. The number of rotatable bonds is 5. The van der Waals surface area contributed by atoms with E-state index < -0.39 is 0 Å². The highest BCUT2D eigenvalue weighted by Gasteiger charge is 2.07. The van der Waals surface area contributed by atoms with Gasteiger partial charge in [0, 0.05) is 11.4 Å². The Balaban J connectivity index is 1.81. The summed E-state index contributed by atoms with van der Waals surface area (Å²) in [5.74, 6) is 0.745. The van der Waals surface area contributed by atoms with Gasteiger partial charge in [0.1, 0.15) is 12.4 Å². The van der Waals surface area contributed by atoms with Crippen molar-refractivity contribution in [2.45, 2.75) is 20.5 Å². The molecular formula is C20H18O2S. The fourth-order valence-electron chi connectivity index (χ4n) is 2.72. The van der Waals surface area contributed by atoms with E-state index in [-0.39, 0.29) is 0 Å². The first-order chi connectivity index (χ1) is 11.2. The smallest absolute Gasteiger partial charge is 0.160 e. The van der Waals surface area contributed by atoms with E-state index in [0.717, 1.165) is 17.6 Å². The van der Waals surface area contributed by atoms with Crippen molar-refractivity contribution in [3.8, 4) is 16.9 Å². The van der Waals surface area contributed by atoms with E-state index in [1.165, 1.54) is 33.6 Å². The van der Waals surface area contributed by atoms with E-state index in [0.29, 0.717) is 11.5 Å². The summed E-state index contributed by atoms with van der Waals surface area (Å²) in [5.41, 5.74) is 6.16. The first kappa shape index (κ1) is 15.5. The molecule has 0 spiro atoms. The lowest BCUT2D eigenvalue weighted by Crippen LogP contribution is -1.95. The number of aryl methyl sites for hydroxylation is 2. The molecule has 1 heterocycles. The molecule has 0 unspecified atom stereocenters. The SMILES string of the molecule is Cc1cccc(C)c1-c1cccc(COc2csc(C=O)c2)c1. The Morgan fingerprint density at radius 3 is 2.48 bits per heavy atom. The van der Waals surface area contributed by atoms with Gasteiger partial charge in [0.2, 0.25) is 0 Å². The minimum absolute atomic E-state index is 0.494. The molecule has 3 aromatic rings. The van der Waals surface area contributed by atoms with Crippen LogP contribution in [0.4, 0.5) is 0 Å². The van der Waals surface area contributed by atoms with Gasteiger partial charge in [-0.3, -0.25) is 4.79 Å². The molecule has 2 aromatic carbocycles. The predicted molar refractivity (Wildman–Crippen MR) is 95.4 cm³/mol. The van der Waals surface area contributed by atoms with Crippen LogP contribution in [0.1, 0.15) is 26.4 Å². The average Bonchev–Trinajstić information content (AvgIpc) is 3.01. The molecule has 23 heavy (non-hydrogen) atoms. The molecule has 0 aliphatic rings. The van der Waals surface area contributed by atoms with Crippen molar-refractivity contribution in [3.05, 3.63) is 75.5 Å². The molecule has 0 radical (unpaired) electrons. The number of carbonyl (C=O) groups excluding carboxylic acids is 1. The van der Waals surface area contributed by atoms with Gasteiger partial charge in [-0.1, -0.05) is 36.4 Å². The average molecular weight is 322 g/mol. The van der Waals surface area contributed by atoms with Gasteiger partial charge in [-0.2, -0.15) is 0 Å². The monoisotopic (exact) mass is 322 g/mol. The molecule has 0 amide bonds. The highest BCUT2D eigenvalue weighted by atomic mass is 32.1. The molecule has 0 aliphatic carbocycles. The van der Waals surface area contributed by atoms with Gasteiger partial charge in [-0.25, -0.2) is 0 Å². The van der Waals surface area contributed by atoms with Crippen LogP contribution in [0.3, 0.4) is 0 Å². The van der Waals surface area contributed by atoms with Crippen molar-refractivity contribution < 1.29 is 9.53 Å². The van der Waals surface area contributed by atoms with Crippen LogP contribution in [0.15, 0.2) is 53.9 Å². The van der Waals surface area contributed by atoms with Crippen LogP contribution in [0.25, 0.3) is 11.1 Å². The van der Waals surface area contributed by atoms with E-state index in [2.05, 4.69) is 56.3 Å². The summed E-state index contributed by atoms with van der Waals surface area (Å²) in [5, 5.41) is 1.86. The molecule has 1 aromatic heterocycles. The van der Waals surface area contributed by atoms with Gasteiger partial charge in [-0.15, -0.1) is 11.3 Å². The molecule has 0 N–H and O–H groups in total. The van der Waals surface area contributed by atoms with Crippen molar-refractivity contribution in [2.75, 3.05) is 0 Å². The van der Waals surface area contributed by atoms with Crippen LogP contribution >= 0.6 is 11.3 Å². The normalized spacial score (nSPS) is 10.5. The lowest BCUT2D eigenvalue weighted by molar-refractivity contribution is 0.112. The summed E-state index contributed by atoms with van der Waals surface area (Å²) < 4.78 is 5.78. The third kappa shape index (κ3) is 3.51. The summed E-state index contributed by atoms with van der Waals surface area (Å²) in [6.07, 6.45) is 0.846. The fraction of sp³-hybridized carbons (Fsp3) is 0.150. The molecule has 116 valence electrons. The van der Waals surface area contributed by atoms with Crippen LogP contribution in [0.5, 0.6) is 5.75 Å². The zero-order valence-corrected chi connectivity index (χ0v) is 14.0. The van der Waals surface area contributed by atoms with Crippen molar-refractivity contribution >= 4 is 17.6 Å². The Morgan fingerprint density at radius 2 is 1.78 bits per heavy atom. The van der Waals surface area contributed by atoms with E-state index in [1.54, 1.807) is 6.07 Å². The molecule has 0 aliphatic heterocycles. The Morgan fingerprint density at radius 1 is 1.04 bits per heavy atom. The van der Waals surface area contributed by atoms with E-state index in [1.807, 2.05) is 5.38 Å². The number of thiophene rings is 1. The summed E-state index contributed by atoms with van der Waals surface area (Å²) in [6, 6.07) is 16.6. The minimum Gasteiger partial charge on any atom is -0.488 e. The fourth-order valence-corrected chi connectivity index (χ4v) is 3.35. The maximum Gasteiger partial charge on any atom is 0.160 e. The first-order valence-electron chi connectivity index (χ1n) is 7.49. The van der Waals surface area contributed by atoms with Crippen LogP contribution < -0.4 is 4.74 Å². The number of hydrogen-bond acceptors (Lipinski definition) is 3. The Hall–Kier alpha value is -2.39. The second-order valence-electron chi connectivity index (χ2n) is 5.56. The summed E-state index contributed by atoms with van der Waals surface area (Å²) in [4.78, 5) is 11.4. The highest BCUT2D eigenvalue weighted by Crippen LogP contribution is 2.28. The number of ether oxygens (including phenoxy) is 1. The van der Waals surface area contributed by atoms with Crippen LogP contribution in [-0.2, 0) is 6.61 Å². The van der Waals surface area contributed by atoms with Crippen molar-refractivity contribution in [1.29, 1.82) is 0 Å². The van der Waals surface area contributed by atoms with E-state index >= 15 is 0 Å². The maximum atomic E-state index is 10.7. The predicted octanol–water partition coefficient (Wildman–Crippen LogP) is 5.42. The number of aldehydes is 1. The highest BCUT2D eigenvalue weighted by molar-refractivity contribution is 7.11. The summed E-state index contributed by atoms with van der Waals surface area (Å²) in [7, 11) is 0. The molecule has 0 fully saturated rings. The molecule has 0 atom stereocenters. The van der Waals surface area contributed by atoms with Gasteiger partial charge in [0.15, 0.2) is 6.29 Å². The Bertz CT molecular complexity index is 813. The second-order valence-corrected chi connectivity index (χ2v) is 6.50. The Kier molecular flexibility index (Phi) is 4.58. The second kappa shape index (κ2) is 6.80. The van der Waals surface area contributed by atoms with Gasteiger partial charge in [0.25, 0.3) is 0 Å².